The first-order chi connectivity index (χ1) is 12.3. The number of nitrogens with one attached hydrogen (secondary N) is 1. The maximum Gasteiger partial charge on any atom is 0.422 e. The number of hydrogen-bond donors (Lipinski definition) is 1. The van der Waals surface area contributed by atoms with E-state index in [0.29, 0.717) is 16.4 Å². The van der Waals surface area contributed by atoms with E-state index in [9.17, 15) is 17.4 Å². The number of pyridine rings is 1. The molecule has 0 aliphatic heterocycles. The molecule has 26 heavy (non-hydrogen) atoms. The Kier molecular flexibility index (Phi) is 4.99. The number of ether oxygens (including phenoxy) is 1. The lowest BCUT2D eigenvalue weighted by Crippen LogP contribution is -2.32. The summed E-state index contributed by atoms with van der Waals surface area (Å²) in [6, 6.07) is 8.91. The van der Waals surface area contributed by atoms with E-state index >= 15 is 0 Å². The molecule has 1 N–H and O–H groups in total. The molecule has 1 atom stereocenters. The number of rotatable bonds is 5. The highest BCUT2D eigenvalue weighted by Gasteiger charge is 2.29. The lowest BCUT2D eigenvalue weighted by atomic mass is 10.2. The van der Waals surface area contributed by atoms with Crippen LogP contribution in [-0.4, -0.2) is 27.0 Å². The lowest BCUT2D eigenvalue weighted by Gasteiger charge is -2.13. The molecule has 5 nitrogen and oxygen atoms in total. The minimum Gasteiger partial charge on any atom is -0.484 e. The van der Waals surface area contributed by atoms with Crippen LogP contribution in [0.1, 0.15) is 11.3 Å². The third-order valence-corrected chi connectivity index (χ3v) is 5.29. The van der Waals surface area contributed by atoms with Gasteiger partial charge in [-0.2, -0.15) is 13.2 Å². The van der Waals surface area contributed by atoms with Crippen molar-refractivity contribution in [2.75, 3.05) is 6.61 Å². The summed E-state index contributed by atoms with van der Waals surface area (Å²) in [6.45, 7) is 0.230. The second-order valence-electron chi connectivity index (χ2n) is 5.78. The number of aromatic nitrogens is 3. The SMILES string of the molecule is Cc1c(OCC(F)(F)F)ccnc1CS(=O)c1[nH]c2ccccc2[n+]1C. The van der Waals surface area contributed by atoms with Gasteiger partial charge in [0.2, 0.25) is 0 Å². The fraction of sp³-hybridized carbons (Fsp3) is 0.294. The Morgan fingerprint density at radius 3 is 2.69 bits per heavy atom. The summed E-state index contributed by atoms with van der Waals surface area (Å²) in [7, 11) is 0.350. The number of alkyl halides is 3. The van der Waals surface area contributed by atoms with Gasteiger partial charge in [-0.25, -0.2) is 13.8 Å². The monoisotopic (exact) mass is 384 g/mol. The minimum absolute atomic E-state index is 0.0652. The van der Waals surface area contributed by atoms with Crippen molar-refractivity contribution in [2.24, 2.45) is 7.05 Å². The normalized spacial score (nSPS) is 13.1. The first-order valence-corrected chi connectivity index (χ1v) is 9.07. The van der Waals surface area contributed by atoms with Gasteiger partial charge in [-0.15, -0.1) is 0 Å². The van der Waals surface area contributed by atoms with E-state index in [1.165, 1.54) is 12.3 Å². The Morgan fingerprint density at radius 1 is 1.27 bits per heavy atom. The summed E-state index contributed by atoms with van der Waals surface area (Å²) in [5.74, 6) is 0.153. The Bertz CT molecular complexity index is 970. The van der Waals surface area contributed by atoms with E-state index in [0.717, 1.165) is 11.0 Å². The van der Waals surface area contributed by atoms with Gasteiger partial charge in [-0.1, -0.05) is 12.1 Å². The molecule has 9 heteroatoms. The number of aryl methyl sites for hydroxylation is 1. The topological polar surface area (TPSA) is 58.9 Å². The van der Waals surface area contributed by atoms with Crippen LogP contribution in [0, 0.1) is 6.92 Å². The number of imidazole rings is 1. The van der Waals surface area contributed by atoms with Crippen LogP contribution in [0.3, 0.4) is 0 Å². The maximum absolute atomic E-state index is 12.8. The van der Waals surface area contributed by atoms with Crippen LogP contribution in [0.2, 0.25) is 0 Å². The fourth-order valence-electron chi connectivity index (χ4n) is 2.60. The van der Waals surface area contributed by atoms with E-state index in [4.69, 9.17) is 4.74 Å². The Hall–Kier alpha value is -2.42. The van der Waals surface area contributed by atoms with Crippen molar-refractivity contribution in [3.8, 4) is 5.75 Å². The standard InChI is InChI=1S/C17H16F3N3O2S/c1-11-13(21-8-7-15(11)25-10-17(18,19)20)9-26(24)16-22-12-5-3-4-6-14(12)23(16)2/h3-8H,9-10H2,1-2H3/p+1. The van der Waals surface area contributed by atoms with Crippen molar-refractivity contribution in [3.63, 3.8) is 0 Å². The minimum atomic E-state index is -4.42. The van der Waals surface area contributed by atoms with Gasteiger partial charge in [-0.3, -0.25) is 4.98 Å². The number of halogens is 3. The van der Waals surface area contributed by atoms with Crippen LogP contribution >= 0.6 is 0 Å². The van der Waals surface area contributed by atoms with Crippen molar-refractivity contribution in [3.05, 3.63) is 47.8 Å². The zero-order valence-electron chi connectivity index (χ0n) is 14.1. The molecule has 1 unspecified atom stereocenters. The summed E-state index contributed by atoms with van der Waals surface area (Å²) < 4.78 is 56.5. The molecule has 3 rings (SSSR count). The molecular weight excluding hydrogens is 367 g/mol. The van der Waals surface area contributed by atoms with Gasteiger partial charge in [-0.05, 0) is 25.1 Å². The summed E-state index contributed by atoms with van der Waals surface area (Å²) >= 11 is 0. The number of H-pyrrole nitrogens is 1. The van der Waals surface area contributed by atoms with Gasteiger partial charge in [0.1, 0.15) is 16.5 Å². The zero-order chi connectivity index (χ0) is 18.9. The van der Waals surface area contributed by atoms with Gasteiger partial charge >= 0.3 is 11.3 Å². The van der Waals surface area contributed by atoms with E-state index in [1.54, 1.807) is 18.5 Å². The highest BCUT2D eigenvalue weighted by Crippen LogP contribution is 2.24. The third-order valence-electron chi connectivity index (χ3n) is 3.95. The van der Waals surface area contributed by atoms with E-state index in [2.05, 4.69) is 9.97 Å². The molecule has 0 aliphatic carbocycles. The Labute approximate surface area is 150 Å². The molecule has 0 spiro atoms. The second kappa shape index (κ2) is 7.06. The predicted octanol–water partition coefficient (Wildman–Crippen LogP) is 2.94. The van der Waals surface area contributed by atoms with Gasteiger partial charge in [0, 0.05) is 11.8 Å². The molecule has 138 valence electrons. The summed E-state index contributed by atoms with van der Waals surface area (Å²) in [5.41, 5.74) is 2.64. The van der Waals surface area contributed by atoms with E-state index < -0.39 is 23.6 Å². The number of nitrogens with zero attached hydrogens (tertiary/aromatic N) is 2. The van der Waals surface area contributed by atoms with Crippen molar-refractivity contribution in [1.29, 1.82) is 0 Å². The molecule has 2 heterocycles. The molecule has 0 aliphatic rings. The highest BCUT2D eigenvalue weighted by atomic mass is 32.2. The number of hydrogen-bond acceptors (Lipinski definition) is 3. The summed E-state index contributed by atoms with van der Waals surface area (Å²) in [5, 5.41) is 0.508. The second-order valence-corrected chi connectivity index (χ2v) is 7.15. The number of aromatic amines is 1. The van der Waals surface area contributed by atoms with E-state index in [1.807, 2.05) is 24.3 Å². The van der Waals surface area contributed by atoms with Gasteiger partial charge in [0.15, 0.2) is 17.6 Å². The summed E-state index contributed by atoms with van der Waals surface area (Å²) in [4.78, 5) is 7.27. The quantitative estimate of drug-likeness (QED) is 0.688. The highest BCUT2D eigenvalue weighted by molar-refractivity contribution is 7.83. The third kappa shape index (κ3) is 3.87. The Morgan fingerprint density at radius 2 is 2.00 bits per heavy atom. The van der Waals surface area contributed by atoms with Crippen LogP contribution in [0.4, 0.5) is 13.2 Å². The molecule has 0 radical (unpaired) electrons. The number of para-hydroxylation sites is 2. The summed E-state index contributed by atoms with van der Waals surface area (Å²) in [6.07, 6.45) is -3.06. The predicted molar refractivity (Wildman–Crippen MR) is 90.1 cm³/mol. The molecule has 0 fully saturated rings. The molecule has 1 aromatic carbocycles. The smallest absolute Gasteiger partial charge is 0.422 e. The maximum atomic E-state index is 12.8. The molecule has 0 saturated heterocycles. The van der Waals surface area contributed by atoms with Crippen molar-refractivity contribution in [1.82, 2.24) is 9.97 Å². The molecule has 0 bridgehead atoms. The largest absolute Gasteiger partial charge is 0.484 e. The van der Waals surface area contributed by atoms with Gasteiger partial charge in [0.25, 0.3) is 0 Å². The number of benzene rings is 1. The molecular formula is C17H17F3N3O2S+. The molecule has 3 aromatic rings. The van der Waals surface area contributed by atoms with Crippen molar-refractivity contribution >= 4 is 21.8 Å². The first-order valence-electron chi connectivity index (χ1n) is 7.75. The molecule has 0 saturated carbocycles. The molecule has 2 aromatic heterocycles. The molecule has 0 amide bonds. The lowest BCUT2D eigenvalue weighted by molar-refractivity contribution is -0.684. The zero-order valence-corrected chi connectivity index (χ0v) is 14.9. The fourth-order valence-corrected chi connectivity index (χ4v) is 3.91. The van der Waals surface area contributed by atoms with Crippen LogP contribution in [-0.2, 0) is 23.6 Å². The van der Waals surface area contributed by atoms with Crippen LogP contribution in [0.15, 0.2) is 41.7 Å². The van der Waals surface area contributed by atoms with Gasteiger partial charge in [0.05, 0.1) is 18.5 Å². The van der Waals surface area contributed by atoms with Crippen LogP contribution in [0.5, 0.6) is 5.75 Å². The van der Waals surface area contributed by atoms with Crippen molar-refractivity contribution in [2.45, 2.75) is 24.0 Å². The van der Waals surface area contributed by atoms with Crippen molar-refractivity contribution < 1.29 is 26.7 Å². The average Bonchev–Trinajstić information content (AvgIpc) is 2.92. The van der Waals surface area contributed by atoms with Crippen LogP contribution in [0.25, 0.3) is 11.0 Å². The van der Waals surface area contributed by atoms with E-state index in [-0.39, 0.29) is 11.5 Å². The first kappa shape index (κ1) is 18.4. The average molecular weight is 384 g/mol. The number of fused-ring (bicyclic) bond motifs is 1. The van der Waals surface area contributed by atoms with Gasteiger partial charge < -0.3 is 4.74 Å². The van der Waals surface area contributed by atoms with Crippen LogP contribution < -0.4 is 9.30 Å². The Balaban J connectivity index is 1.84.